The number of rotatable bonds is 5. The number of aromatic nitrogens is 4. The third-order valence-corrected chi connectivity index (χ3v) is 3.31. The molecule has 21 heavy (non-hydrogen) atoms. The van der Waals surface area contributed by atoms with Crippen LogP contribution in [-0.2, 0) is 20.6 Å². The van der Waals surface area contributed by atoms with Crippen LogP contribution in [0.25, 0.3) is 11.2 Å². The fourth-order valence-electron chi connectivity index (χ4n) is 2.35. The average molecular weight is 294 g/mol. The van der Waals surface area contributed by atoms with E-state index in [4.69, 9.17) is 5.73 Å². The summed E-state index contributed by atoms with van der Waals surface area (Å²) >= 11 is 0. The van der Waals surface area contributed by atoms with Crippen LogP contribution in [0.1, 0.15) is 13.8 Å². The Morgan fingerprint density at radius 3 is 2.48 bits per heavy atom. The zero-order chi connectivity index (χ0) is 15.7. The summed E-state index contributed by atoms with van der Waals surface area (Å²) in [5, 5.41) is 3.11. The Hall–Kier alpha value is -2.09. The van der Waals surface area contributed by atoms with Crippen LogP contribution in [0.3, 0.4) is 0 Å². The normalized spacial score (nSPS) is 11.5. The molecule has 0 saturated heterocycles. The van der Waals surface area contributed by atoms with Crippen LogP contribution in [0.5, 0.6) is 0 Å². The van der Waals surface area contributed by atoms with Crippen molar-refractivity contribution >= 4 is 17.1 Å². The molecule has 0 aliphatic carbocycles. The number of nitrogens with zero attached hydrogens (tertiary/aromatic N) is 4. The van der Waals surface area contributed by atoms with Gasteiger partial charge < -0.3 is 11.1 Å². The molecule has 0 aliphatic heterocycles. The first-order chi connectivity index (χ1) is 9.88. The monoisotopic (exact) mass is 294 g/mol. The Bertz CT molecular complexity index is 768. The first-order valence-electron chi connectivity index (χ1n) is 6.98. The third-order valence-electron chi connectivity index (χ3n) is 3.31. The van der Waals surface area contributed by atoms with E-state index in [0.29, 0.717) is 42.7 Å². The van der Waals surface area contributed by atoms with Crippen molar-refractivity contribution < 1.29 is 0 Å². The van der Waals surface area contributed by atoms with Crippen molar-refractivity contribution in [2.45, 2.75) is 20.4 Å². The standard InChI is InChI=1S/C13H22N6O2/c1-8(2)7-19-10-9(16-12(19)15-6-5-14)11(20)18(4)13(21)17(10)3/h8H,5-7,14H2,1-4H3,(H,15,16). The van der Waals surface area contributed by atoms with Crippen molar-refractivity contribution in [3.05, 3.63) is 20.8 Å². The minimum Gasteiger partial charge on any atom is -0.354 e. The number of fused-ring (bicyclic) bond motifs is 1. The molecule has 2 rings (SSSR count). The fraction of sp³-hybridized carbons (Fsp3) is 0.615. The molecule has 0 amide bonds. The molecular weight excluding hydrogens is 272 g/mol. The highest BCUT2D eigenvalue weighted by molar-refractivity contribution is 5.74. The van der Waals surface area contributed by atoms with Gasteiger partial charge in [-0.1, -0.05) is 13.8 Å². The number of hydrogen-bond acceptors (Lipinski definition) is 5. The summed E-state index contributed by atoms with van der Waals surface area (Å²) in [6, 6.07) is 0. The number of hydrogen-bond donors (Lipinski definition) is 2. The number of nitrogens with one attached hydrogen (secondary N) is 1. The Morgan fingerprint density at radius 1 is 1.24 bits per heavy atom. The van der Waals surface area contributed by atoms with Gasteiger partial charge in [-0.15, -0.1) is 0 Å². The van der Waals surface area contributed by atoms with E-state index in [2.05, 4.69) is 24.1 Å². The predicted molar refractivity (Wildman–Crippen MR) is 82.6 cm³/mol. The summed E-state index contributed by atoms with van der Waals surface area (Å²) in [6.07, 6.45) is 0. The van der Waals surface area contributed by atoms with Gasteiger partial charge in [0, 0.05) is 33.7 Å². The van der Waals surface area contributed by atoms with E-state index in [9.17, 15) is 9.59 Å². The van der Waals surface area contributed by atoms with Gasteiger partial charge in [0.2, 0.25) is 5.95 Å². The summed E-state index contributed by atoms with van der Waals surface area (Å²) in [4.78, 5) is 28.7. The molecule has 0 unspecified atom stereocenters. The van der Waals surface area contributed by atoms with Crippen LogP contribution in [0.4, 0.5) is 5.95 Å². The Balaban J connectivity index is 2.80. The lowest BCUT2D eigenvalue weighted by atomic mass is 10.2. The second-order valence-corrected chi connectivity index (χ2v) is 5.53. The minimum absolute atomic E-state index is 0.291. The van der Waals surface area contributed by atoms with Gasteiger partial charge in [-0.2, -0.15) is 0 Å². The number of nitrogens with two attached hydrogens (primary N) is 1. The molecular formula is C13H22N6O2. The second kappa shape index (κ2) is 5.72. The van der Waals surface area contributed by atoms with Crippen molar-refractivity contribution in [3.8, 4) is 0 Å². The van der Waals surface area contributed by atoms with Gasteiger partial charge >= 0.3 is 5.69 Å². The van der Waals surface area contributed by atoms with Crippen LogP contribution < -0.4 is 22.3 Å². The summed E-state index contributed by atoms with van der Waals surface area (Å²) < 4.78 is 4.40. The van der Waals surface area contributed by atoms with E-state index in [-0.39, 0.29) is 11.2 Å². The fourth-order valence-corrected chi connectivity index (χ4v) is 2.35. The highest BCUT2D eigenvalue weighted by atomic mass is 16.2. The predicted octanol–water partition coefficient (Wildman–Crippen LogP) is -0.540. The van der Waals surface area contributed by atoms with Crippen molar-refractivity contribution in [2.75, 3.05) is 18.4 Å². The van der Waals surface area contributed by atoms with Gasteiger partial charge in [-0.05, 0) is 5.92 Å². The van der Waals surface area contributed by atoms with Gasteiger partial charge in [-0.3, -0.25) is 18.5 Å². The van der Waals surface area contributed by atoms with E-state index in [1.807, 2.05) is 4.57 Å². The maximum atomic E-state index is 12.2. The highest BCUT2D eigenvalue weighted by Crippen LogP contribution is 2.17. The molecule has 2 aromatic heterocycles. The lowest BCUT2D eigenvalue weighted by Gasteiger charge is -2.13. The van der Waals surface area contributed by atoms with Crippen molar-refractivity contribution in [1.29, 1.82) is 0 Å². The quantitative estimate of drug-likeness (QED) is 0.771. The molecule has 0 aromatic carbocycles. The minimum atomic E-state index is -0.383. The Morgan fingerprint density at radius 2 is 1.90 bits per heavy atom. The van der Waals surface area contributed by atoms with Crippen molar-refractivity contribution in [1.82, 2.24) is 18.7 Å². The van der Waals surface area contributed by atoms with Gasteiger partial charge in [0.1, 0.15) is 0 Å². The molecule has 0 aliphatic rings. The van der Waals surface area contributed by atoms with E-state index in [1.165, 1.54) is 11.6 Å². The first-order valence-corrected chi connectivity index (χ1v) is 6.98. The molecule has 0 atom stereocenters. The van der Waals surface area contributed by atoms with E-state index in [1.54, 1.807) is 7.05 Å². The smallest absolute Gasteiger partial charge is 0.332 e. The zero-order valence-electron chi connectivity index (χ0n) is 12.9. The molecule has 2 heterocycles. The topological polar surface area (TPSA) is 99.9 Å². The van der Waals surface area contributed by atoms with E-state index < -0.39 is 0 Å². The van der Waals surface area contributed by atoms with Gasteiger partial charge in [0.05, 0.1) is 0 Å². The summed E-state index contributed by atoms with van der Waals surface area (Å²) in [5.41, 5.74) is 5.60. The maximum absolute atomic E-state index is 12.2. The lowest BCUT2D eigenvalue weighted by molar-refractivity contribution is 0.527. The second-order valence-electron chi connectivity index (χ2n) is 5.53. The molecule has 116 valence electrons. The molecule has 2 aromatic rings. The largest absolute Gasteiger partial charge is 0.354 e. The number of anilines is 1. The van der Waals surface area contributed by atoms with Gasteiger partial charge in [0.25, 0.3) is 5.56 Å². The summed E-state index contributed by atoms with van der Waals surface area (Å²) in [7, 11) is 3.11. The van der Waals surface area contributed by atoms with Crippen molar-refractivity contribution in [3.63, 3.8) is 0 Å². The van der Waals surface area contributed by atoms with E-state index >= 15 is 0 Å². The molecule has 0 spiro atoms. The zero-order valence-corrected chi connectivity index (χ0v) is 12.9. The number of imidazole rings is 1. The van der Waals surface area contributed by atoms with Gasteiger partial charge in [0.15, 0.2) is 11.2 Å². The molecule has 8 heteroatoms. The SMILES string of the molecule is CC(C)Cn1c(NCCN)nc2c(=O)n(C)c(=O)n(C)c21. The molecule has 3 N–H and O–H groups in total. The van der Waals surface area contributed by atoms with Gasteiger partial charge in [-0.25, -0.2) is 9.78 Å². The molecule has 0 fully saturated rings. The van der Waals surface area contributed by atoms with Crippen LogP contribution in [0.15, 0.2) is 9.59 Å². The molecule has 0 saturated carbocycles. The van der Waals surface area contributed by atoms with Crippen molar-refractivity contribution in [2.24, 2.45) is 25.7 Å². The van der Waals surface area contributed by atoms with Crippen LogP contribution in [0, 0.1) is 5.92 Å². The number of aryl methyl sites for hydroxylation is 1. The first kappa shape index (κ1) is 15.3. The van der Waals surface area contributed by atoms with E-state index in [0.717, 1.165) is 4.57 Å². The van der Waals surface area contributed by atoms with Crippen LogP contribution >= 0.6 is 0 Å². The highest BCUT2D eigenvalue weighted by Gasteiger charge is 2.19. The lowest BCUT2D eigenvalue weighted by Crippen LogP contribution is -2.37. The maximum Gasteiger partial charge on any atom is 0.332 e. The molecule has 0 radical (unpaired) electrons. The van der Waals surface area contributed by atoms with Crippen LogP contribution in [-0.4, -0.2) is 31.8 Å². The Kier molecular flexibility index (Phi) is 4.17. The third kappa shape index (κ3) is 2.58. The molecule has 0 bridgehead atoms. The summed E-state index contributed by atoms with van der Waals surface area (Å²) in [6.45, 7) is 5.80. The average Bonchev–Trinajstić information content (AvgIpc) is 2.78. The Labute approximate surface area is 122 Å². The van der Waals surface area contributed by atoms with Crippen LogP contribution in [0.2, 0.25) is 0 Å². The molecule has 8 nitrogen and oxygen atoms in total. The summed E-state index contributed by atoms with van der Waals surface area (Å²) in [5.74, 6) is 0.919.